The van der Waals surface area contributed by atoms with Gasteiger partial charge in [0.05, 0.1) is 10.6 Å². The first kappa shape index (κ1) is 27.0. The van der Waals surface area contributed by atoms with E-state index in [2.05, 4.69) is 30.3 Å². The standard InChI is InChI=1S/C17H25N7O8S3/c1-24(2)17-21-15(18-10-3-5-11(6-4-10)23-33(25)26)20-16(22-17)19-13-9-12(34(27,28)29)7-8-14(13)35(30,31)32/h7-11,33H,3-6H2,1-2H3,(H,23,25,26)(H,27,28,29)(H,30,31,32)(H2,18,19,20,21,22). The Hall–Kier alpha value is -2.64. The van der Waals surface area contributed by atoms with Crippen molar-refractivity contribution < 1.29 is 34.4 Å². The number of benzene rings is 1. The number of aromatic nitrogens is 3. The molecule has 2 aromatic rings. The van der Waals surface area contributed by atoms with E-state index in [-0.39, 0.29) is 35.6 Å². The fourth-order valence-corrected chi connectivity index (χ4v) is 5.19. The molecule has 1 aliphatic carbocycles. The van der Waals surface area contributed by atoms with Gasteiger partial charge in [0, 0.05) is 26.2 Å². The summed E-state index contributed by atoms with van der Waals surface area (Å²) in [5.41, 5.74) is -0.386. The summed E-state index contributed by atoms with van der Waals surface area (Å²) >= 11 is 0. The van der Waals surface area contributed by atoms with Crippen molar-refractivity contribution in [2.24, 2.45) is 0 Å². The zero-order valence-corrected chi connectivity index (χ0v) is 21.1. The lowest BCUT2D eigenvalue weighted by molar-refractivity contribution is 0.389. The Balaban J connectivity index is 1.91. The molecule has 3 rings (SSSR count). The molecule has 1 aromatic heterocycles. The minimum absolute atomic E-state index is 0.0703. The number of hydrogen-bond acceptors (Lipinski definition) is 12. The van der Waals surface area contributed by atoms with Crippen molar-refractivity contribution in [2.45, 2.75) is 47.6 Å². The Bertz CT molecular complexity index is 1360. The van der Waals surface area contributed by atoms with E-state index in [1.54, 1.807) is 19.0 Å². The molecule has 1 fully saturated rings. The Kier molecular flexibility index (Phi) is 8.12. The van der Waals surface area contributed by atoms with Crippen LogP contribution in [0.25, 0.3) is 0 Å². The largest absolute Gasteiger partial charge is 0.351 e. The first-order chi connectivity index (χ1) is 16.2. The number of hydrogen-bond donors (Lipinski definition) is 6. The van der Waals surface area contributed by atoms with Crippen molar-refractivity contribution in [1.29, 1.82) is 0 Å². The van der Waals surface area contributed by atoms with Crippen molar-refractivity contribution in [3.05, 3.63) is 18.2 Å². The van der Waals surface area contributed by atoms with Gasteiger partial charge in [-0.15, -0.1) is 0 Å². The smallest absolute Gasteiger partial charge is 0.296 e. The van der Waals surface area contributed by atoms with Gasteiger partial charge in [-0.1, -0.05) is 0 Å². The van der Waals surface area contributed by atoms with E-state index in [1.807, 2.05) is 0 Å². The van der Waals surface area contributed by atoms with Gasteiger partial charge in [-0.3, -0.25) is 9.11 Å². The second-order valence-electron chi connectivity index (χ2n) is 7.99. The molecular weight excluding hydrogens is 526 g/mol. The van der Waals surface area contributed by atoms with Crippen molar-refractivity contribution in [3.8, 4) is 0 Å². The molecule has 0 spiro atoms. The SMILES string of the molecule is CN(C)c1nc(Nc2cc(S(=O)(=O)O)ccc2S(=O)(=O)O)nc(NC2CCC(N[SH](=O)=O)CC2)n1. The average molecular weight is 552 g/mol. The van der Waals surface area contributed by atoms with Gasteiger partial charge in [0.1, 0.15) is 4.90 Å². The molecule has 5 N–H and O–H groups in total. The van der Waals surface area contributed by atoms with E-state index in [0.717, 1.165) is 18.2 Å². The first-order valence-electron chi connectivity index (χ1n) is 10.2. The number of nitrogens with zero attached hydrogens (tertiary/aromatic N) is 4. The van der Waals surface area contributed by atoms with Crippen LogP contribution in [0.2, 0.25) is 0 Å². The Morgan fingerprint density at radius 3 is 2.06 bits per heavy atom. The minimum Gasteiger partial charge on any atom is -0.351 e. The molecule has 18 heteroatoms. The van der Waals surface area contributed by atoms with Gasteiger partial charge in [0.25, 0.3) is 20.2 Å². The monoisotopic (exact) mass is 551 g/mol. The lowest BCUT2D eigenvalue weighted by Gasteiger charge is -2.28. The highest BCUT2D eigenvalue weighted by molar-refractivity contribution is 7.86. The number of anilines is 4. The first-order valence-corrected chi connectivity index (χ1v) is 14.2. The van der Waals surface area contributed by atoms with E-state index in [0.29, 0.717) is 25.7 Å². The lowest BCUT2D eigenvalue weighted by atomic mass is 9.92. The maximum Gasteiger partial charge on any atom is 0.296 e. The molecule has 35 heavy (non-hydrogen) atoms. The Morgan fingerprint density at radius 1 is 0.914 bits per heavy atom. The molecule has 194 valence electrons. The summed E-state index contributed by atoms with van der Waals surface area (Å²) in [7, 11) is -8.81. The molecule has 1 saturated carbocycles. The quantitative estimate of drug-likeness (QED) is 0.179. The van der Waals surface area contributed by atoms with Crippen molar-refractivity contribution in [1.82, 2.24) is 19.7 Å². The van der Waals surface area contributed by atoms with Gasteiger partial charge < -0.3 is 15.5 Å². The highest BCUT2D eigenvalue weighted by Gasteiger charge is 2.24. The normalized spacial score (nSPS) is 18.9. The van der Waals surface area contributed by atoms with E-state index in [4.69, 9.17) is 0 Å². The van der Waals surface area contributed by atoms with Crippen molar-refractivity contribution in [2.75, 3.05) is 29.6 Å². The molecule has 0 amide bonds. The molecule has 0 unspecified atom stereocenters. The van der Waals surface area contributed by atoms with Gasteiger partial charge in [0.15, 0.2) is 0 Å². The van der Waals surface area contributed by atoms with Crippen LogP contribution in [-0.2, 0) is 31.1 Å². The summed E-state index contributed by atoms with van der Waals surface area (Å²) in [5.74, 6) is 0.155. The van der Waals surface area contributed by atoms with E-state index in [1.165, 1.54) is 0 Å². The molecule has 1 aliphatic rings. The van der Waals surface area contributed by atoms with Gasteiger partial charge in [-0.05, 0) is 43.9 Å². The van der Waals surface area contributed by atoms with E-state index in [9.17, 15) is 34.4 Å². The summed E-state index contributed by atoms with van der Waals surface area (Å²) in [6.45, 7) is 0. The molecule has 0 saturated heterocycles. The minimum atomic E-state index is -4.77. The predicted molar refractivity (Wildman–Crippen MR) is 127 cm³/mol. The Morgan fingerprint density at radius 2 is 1.51 bits per heavy atom. The molecule has 0 atom stereocenters. The van der Waals surface area contributed by atoms with Crippen molar-refractivity contribution >= 4 is 54.7 Å². The zero-order chi connectivity index (χ0) is 26.0. The van der Waals surface area contributed by atoms with Gasteiger partial charge in [0.2, 0.25) is 28.7 Å². The van der Waals surface area contributed by atoms with Crippen LogP contribution in [-0.4, -0.2) is 75.5 Å². The molecule has 15 nitrogen and oxygen atoms in total. The van der Waals surface area contributed by atoms with E-state index < -0.39 is 40.9 Å². The highest BCUT2D eigenvalue weighted by atomic mass is 32.2. The fourth-order valence-electron chi connectivity index (χ4n) is 3.50. The third-order valence-electron chi connectivity index (χ3n) is 5.15. The molecular formula is C17H25N7O8S3. The molecule has 0 aliphatic heterocycles. The van der Waals surface area contributed by atoms with Crippen LogP contribution in [0.1, 0.15) is 25.7 Å². The molecule has 1 aromatic carbocycles. The van der Waals surface area contributed by atoms with Crippen LogP contribution in [0.4, 0.5) is 23.5 Å². The van der Waals surface area contributed by atoms with Crippen molar-refractivity contribution in [3.63, 3.8) is 0 Å². The van der Waals surface area contributed by atoms with Crippen LogP contribution in [0.15, 0.2) is 28.0 Å². The second kappa shape index (κ2) is 10.5. The summed E-state index contributed by atoms with van der Waals surface area (Å²) < 4.78 is 89.7. The van der Waals surface area contributed by atoms with Crippen LogP contribution in [0, 0.1) is 0 Å². The zero-order valence-electron chi connectivity index (χ0n) is 18.6. The van der Waals surface area contributed by atoms with Gasteiger partial charge >= 0.3 is 0 Å². The number of thiol groups is 1. The summed E-state index contributed by atoms with van der Waals surface area (Å²) in [4.78, 5) is 13.0. The predicted octanol–water partition coefficient (Wildman–Crippen LogP) is 0.0137. The number of rotatable bonds is 9. The van der Waals surface area contributed by atoms with Crippen LogP contribution >= 0.6 is 0 Å². The van der Waals surface area contributed by atoms with Gasteiger partial charge in [-0.25, -0.2) is 13.1 Å². The maximum absolute atomic E-state index is 11.8. The summed E-state index contributed by atoms with van der Waals surface area (Å²) in [5, 5.41) is 5.72. The second-order valence-corrected chi connectivity index (χ2v) is 11.6. The van der Waals surface area contributed by atoms with E-state index >= 15 is 0 Å². The third kappa shape index (κ3) is 7.42. The molecule has 0 radical (unpaired) electrons. The number of nitrogens with one attached hydrogen (secondary N) is 3. The topological polar surface area (TPSA) is 221 Å². The van der Waals surface area contributed by atoms with Crippen LogP contribution < -0.4 is 20.3 Å². The average Bonchev–Trinajstić information content (AvgIpc) is 2.73. The fraction of sp³-hybridized carbons (Fsp3) is 0.471. The Labute approximate surface area is 204 Å². The van der Waals surface area contributed by atoms with Crippen LogP contribution in [0.3, 0.4) is 0 Å². The summed E-state index contributed by atoms with van der Waals surface area (Å²) in [6, 6.07) is 2.24. The summed E-state index contributed by atoms with van der Waals surface area (Å²) in [6.07, 6.45) is 2.49. The molecule has 0 bridgehead atoms. The molecule has 1 heterocycles. The lowest BCUT2D eigenvalue weighted by Crippen LogP contribution is -2.36. The maximum atomic E-state index is 11.8. The van der Waals surface area contributed by atoms with Gasteiger partial charge in [-0.2, -0.15) is 31.8 Å². The van der Waals surface area contributed by atoms with Crippen LogP contribution in [0.5, 0.6) is 0 Å². The highest BCUT2D eigenvalue weighted by Crippen LogP contribution is 2.28. The third-order valence-corrected chi connectivity index (χ3v) is 7.48.